The summed E-state index contributed by atoms with van der Waals surface area (Å²) >= 11 is 1.35. The van der Waals surface area contributed by atoms with Gasteiger partial charge in [-0.3, -0.25) is 0 Å². The average molecular weight is 361 g/mol. The number of benzene rings is 1. The van der Waals surface area contributed by atoms with Crippen LogP contribution in [0.25, 0.3) is 0 Å². The molecule has 0 bridgehead atoms. The first-order valence-electron chi connectivity index (χ1n) is 8.28. The minimum Gasteiger partial charge on any atom is -0.461 e. The number of hydrogen-bond acceptors (Lipinski definition) is 5. The minimum absolute atomic E-state index is 0.177. The molecule has 1 N–H and O–H groups in total. The molecular weight excluding hydrogens is 338 g/mol. The molecule has 0 spiro atoms. The monoisotopic (exact) mass is 361 g/mol. The zero-order valence-corrected chi connectivity index (χ0v) is 15.6. The van der Waals surface area contributed by atoms with Gasteiger partial charge in [-0.25, -0.2) is 14.6 Å². The van der Waals surface area contributed by atoms with Crippen LogP contribution in [0.4, 0.5) is 10.5 Å². The number of rotatable bonds is 7. The zero-order valence-electron chi connectivity index (χ0n) is 14.7. The smallest absolute Gasteiger partial charge is 0.357 e. The molecule has 0 aliphatic carbocycles. The van der Waals surface area contributed by atoms with E-state index in [0.29, 0.717) is 24.7 Å². The van der Waals surface area contributed by atoms with Crippen LogP contribution in [0.15, 0.2) is 29.6 Å². The highest BCUT2D eigenvalue weighted by molar-refractivity contribution is 7.09. The summed E-state index contributed by atoms with van der Waals surface area (Å²) in [6.45, 7) is 6.99. The molecule has 25 heavy (non-hydrogen) atoms. The lowest BCUT2D eigenvalue weighted by atomic mass is 10.2. The van der Waals surface area contributed by atoms with Crippen LogP contribution in [-0.4, -0.2) is 35.0 Å². The molecule has 2 amide bonds. The van der Waals surface area contributed by atoms with Crippen LogP contribution in [0.5, 0.6) is 0 Å². The Balaban J connectivity index is 2.06. The van der Waals surface area contributed by atoms with Gasteiger partial charge in [-0.05, 0) is 31.9 Å². The van der Waals surface area contributed by atoms with Crippen molar-refractivity contribution < 1.29 is 14.3 Å². The number of nitrogens with zero attached hydrogens (tertiary/aromatic N) is 2. The topological polar surface area (TPSA) is 71.5 Å². The summed E-state index contributed by atoms with van der Waals surface area (Å²) in [4.78, 5) is 30.3. The Morgan fingerprint density at radius 2 is 2.04 bits per heavy atom. The summed E-state index contributed by atoms with van der Waals surface area (Å²) in [5, 5.41) is 5.31. The number of carbonyl (C=O) groups excluding carboxylic acids is 2. The van der Waals surface area contributed by atoms with E-state index in [0.717, 1.165) is 17.7 Å². The van der Waals surface area contributed by atoms with Crippen molar-refractivity contribution in [1.29, 1.82) is 0 Å². The number of urea groups is 1. The molecule has 0 unspecified atom stereocenters. The average Bonchev–Trinajstić information content (AvgIpc) is 3.05. The first-order valence-corrected chi connectivity index (χ1v) is 9.16. The van der Waals surface area contributed by atoms with Crippen molar-refractivity contribution in [1.82, 2.24) is 9.88 Å². The molecule has 0 saturated carbocycles. The molecule has 0 aliphatic rings. The number of para-hydroxylation sites is 1. The number of carbonyl (C=O) groups is 2. The highest BCUT2D eigenvalue weighted by Gasteiger charge is 2.18. The van der Waals surface area contributed by atoms with E-state index in [9.17, 15) is 9.59 Å². The van der Waals surface area contributed by atoms with Gasteiger partial charge in [0.1, 0.15) is 5.01 Å². The number of anilines is 1. The summed E-state index contributed by atoms with van der Waals surface area (Å²) in [5.41, 5.74) is 2.09. The number of aryl methyl sites for hydroxylation is 1. The number of thiazole rings is 1. The standard InChI is InChI=1S/C18H23N3O3S/c1-4-10-21(18(23)20-14-9-7-6-8-13(14)3)11-16-19-15(12-25-16)17(22)24-5-2/h6-9,12H,4-5,10-11H2,1-3H3,(H,20,23). The van der Waals surface area contributed by atoms with Crippen molar-refractivity contribution in [2.45, 2.75) is 33.7 Å². The Bertz CT molecular complexity index is 730. The van der Waals surface area contributed by atoms with E-state index in [1.165, 1.54) is 11.3 Å². The molecule has 1 heterocycles. The van der Waals surface area contributed by atoms with Crippen molar-refractivity contribution in [3.05, 3.63) is 45.9 Å². The third kappa shape index (κ3) is 5.29. The predicted molar refractivity (Wildman–Crippen MR) is 99.0 cm³/mol. The molecule has 7 heteroatoms. The van der Waals surface area contributed by atoms with E-state index in [4.69, 9.17) is 4.74 Å². The van der Waals surface area contributed by atoms with Crippen LogP contribution in [0.1, 0.15) is 41.3 Å². The Hall–Kier alpha value is -2.41. The lowest BCUT2D eigenvalue weighted by Gasteiger charge is -2.22. The molecule has 0 atom stereocenters. The molecule has 1 aromatic carbocycles. The van der Waals surface area contributed by atoms with Crippen LogP contribution < -0.4 is 5.32 Å². The zero-order chi connectivity index (χ0) is 18.2. The molecule has 0 saturated heterocycles. The maximum atomic E-state index is 12.6. The molecule has 134 valence electrons. The lowest BCUT2D eigenvalue weighted by molar-refractivity contribution is 0.0520. The SMILES string of the molecule is CCCN(Cc1nc(C(=O)OCC)cs1)C(=O)Nc1ccccc1C. The van der Waals surface area contributed by atoms with Crippen LogP contribution >= 0.6 is 11.3 Å². The normalized spacial score (nSPS) is 10.4. The number of ether oxygens (including phenoxy) is 1. The largest absolute Gasteiger partial charge is 0.461 e. The first-order chi connectivity index (χ1) is 12.0. The summed E-state index contributed by atoms with van der Waals surface area (Å²) in [7, 11) is 0. The van der Waals surface area contributed by atoms with Gasteiger partial charge in [0.2, 0.25) is 0 Å². The lowest BCUT2D eigenvalue weighted by Crippen LogP contribution is -2.35. The number of aromatic nitrogens is 1. The van der Waals surface area contributed by atoms with E-state index < -0.39 is 5.97 Å². The third-order valence-corrected chi connectivity index (χ3v) is 4.36. The second-order valence-corrected chi connectivity index (χ2v) is 6.46. The van der Waals surface area contributed by atoms with Crippen LogP contribution in [-0.2, 0) is 11.3 Å². The highest BCUT2D eigenvalue weighted by atomic mass is 32.1. The van der Waals surface area contributed by atoms with Crippen LogP contribution in [0, 0.1) is 6.92 Å². The quantitative estimate of drug-likeness (QED) is 0.755. The summed E-state index contributed by atoms with van der Waals surface area (Å²) in [5.74, 6) is -0.434. The Kier molecular flexibility index (Phi) is 6.94. The van der Waals surface area contributed by atoms with E-state index in [1.54, 1.807) is 17.2 Å². The van der Waals surface area contributed by atoms with Gasteiger partial charge in [-0.1, -0.05) is 25.1 Å². The molecule has 6 nitrogen and oxygen atoms in total. The van der Waals surface area contributed by atoms with Gasteiger partial charge in [0, 0.05) is 17.6 Å². The fourth-order valence-electron chi connectivity index (χ4n) is 2.28. The molecule has 2 rings (SSSR count). The Labute approximate surface area is 151 Å². The minimum atomic E-state index is -0.434. The predicted octanol–water partition coefficient (Wildman–Crippen LogP) is 4.07. The van der Waals surface area contributed by atoms with E-state index in [-0.39, 0.29) is 11.7 Å². The molecule has 2 aromatic rings. The number of nitrogens with one attached hydrogen (secondary N) is 1. The summed E-state index contributed by atoms with van der Waals surface area (Å²) in [6, 6.07) is 7.47. The van der Waals surface area contributed by atoms with Gasteiger partial charge in [0.25, 0.3) is 0 Å². The molecule has 0 aliphatic heterocycles. The van der Waals surface area contributed by atoms with E-state index in [2.05, 4.69) is 10.3 Å². The van der Waals surface area contributed by atoms with E-state index in [1.807, 2.05) is 38.1 Å². The van der Waals surface area contributed by atoms with Gasteiger partial charge < -0.3 is 15.0 Å². The number of esters is 1. The van der Waals surface area contributed by atoms with Gasteiger partial charge in [-0.2, -0.15) is 0 Å². The first kappa shape index (κ1) is 18.9. The third-order valence-electron chi connectivity index (χ3n) is 3.53. The maximum absolute atomic E-state index is 12.6. The van der Waals surface area contributed by atoms with Gasteiger partial charge in [-0.15, -0.1) is 11.3 Å². The van der Waals surface area contributed by atoms with Gasteiger partial charge >= 0.3 is 12.0 Å². The van der Waals surface area contributed by atoms with Crippen molar-refractivity contribution in [3.8, 4) is 0 Å². The fraction of sp³-hybridized carbons (Fsp3) is 0.389. The number of amides is 2. The molecule has 1 aromatic heterocycles. The van der Waals surface area contributed by atoms with Crippen LogP contribution in [0.2, 0.25) is 0 Å². The van der Waals surface area contributed by atoms with Crippen molar-refractivity contribution >= 4 is 29.0 Å². The van der Waals surface area contributed by atoms with Gasteiger partial charge in [0.15, 0.2) is 5.69 Å². The van der Waals surface area contributed by atoms with Crippen molar-refractivity contribution in [3.63, 3.8) is 0 Å². The second-order valence-electron chi connectivity index (χ2n) is 5.51. The number of hydrogen-bond donors (Lipinski definition) is 1. The Morgan fingerprint density at radius 3 is 2.72 bits per heavy atom. The summed E-state index contributed by atoms with van der Waals surface area (Å²) in [6.07, 6.45) is 0.831. The van der Waals surface area contributed by atoms with Crippen LogP contribution in [0.3, 0.4) is 0 Å². The van der Waals surface area contributed by atoms with E-state index >= 15 is 0 Å². The van der Waals surface area contributed by atoms with Crippen molar-refractivity contribution in [2.24, 2.45) is 0 Å². The Morgan fingerprint density at radius 1 is 1.28 bits per heavy atom. The molecular formula is C18H23N3O3S. The summed E-state index contributed by atoms with van der Waals surface area (Å²) < 4.78 is 4.95. The second kappa shape index (κ2) is 9.17. The van der Waals surface area contributed by atoms with Gasteiger partial charge in [0.05, 0.1) is 13.2 Å². The highest BCUT2D eigenvalue weighted by Crippen LogP contribution is 2.17. The fourth-order valence-corrected chi connectivity index (χ4v) is 3.05. The maximum Gasteiger partial charge on any atom is 0.357 e. The van der Waals surface area contributed by atoms with Crippen molar-refractivity contribution in [2.75, 3.05) is 18.5 Å². The molecule has 0 fully saturated rings. The molecule has 0 radical (unpaired) electrons.